The van der Waals surface area contributed by atoms with Gasteiger partial charge >= 0.3 is 0 Å². The highest BCUT2D eigenvalue weighted by Crippen LogP contribution is 2.33. The third-order valence-electron chi connectivity index (χ3n) is 4.25. The van der Waals surface area contributed by atoms with Gasteiger partial charge in [0.2, 0.25) is 0 Å². The number of nitrogens with two attached hydrogens (primary N) is 1. The Morgan fingerprint density at radius 1 is 1.28 bits per heavy atom. The Balaban J connectivity index is 2.32. The summed E-state index contributed by atoms with van der Waals surface area (Å²) in [5.41, 5.74) is 5.27. The number of hydrogen-bond donors (Lipinski definition) is 3. The van der Waals surface area contributed by atoms with Gasteiger partial charge in [0.25, 0.3) is 0 Å². The van der Waals surface area contributed by atoms with Crippen LogP contribution in [0.4, 0.5) is 0 Å². The van der Waals surface area contributed by atoms with E-state index in [-0.39, 0.29) is 12.8 Å². The van der Waals surface area contributed by atoms with Crippen molar-refractivity contribution in [2.75, 3.05) is 6.73 Å². The normalized spacial score (nSPS) is 27.8. The molecule has 0 aromatic carbocycles. The molecule has 5 atom stereocenters. The molecule has 0 spiro atoms. The standard InChI is InChI=1S/C14H30N2O2/c1-4-6-7-8-11(5-2)10(3)12-13(16-12)14(17)18-9-15/h10-14,16-17H,4-9,15H2,1-3H3/t10?,11-,12?,13?,14+/m1/s1. The van der Waals surface area contributed by atoms with Crippen LogP contribution in [0.3, 0.4) is 0 Å². The molecule has 18 heavy (non-hydrogen) atoms. The lowest BCUT2D eigenvalue weighted by Gasteiger charge is -2.22. The van der Waals surface area contributed by atoms with Crippen molar-refractivity contribution in [3.8, 4) is 0 Å². The summed E-state index contributed by atoms with van der Waals surface area (Å²) in [6.07, 6.45) is 5.67. The maximum absolute atomic E-state index is 9.71. The van der Waals surface area contributed by atoms with E-state index in [1.54, 1.807) is 0 Å². The van der Waals surface area contributed by atoms with Crippen LogP contribution in [0.5, 0.6) is 0 Å². The molecule has 0 aromatic rings. The molecule has 4 N–H and O–H groups in total. The number of hydrogen-bond acceptors (Lipinski definition) is 4. The fourth-order valence-electron chi connectivity index (χ4n) is 2.90. The highest BCUT2D eigenvalue weighted by Gasteiger charge is 2.47. The zero-order chi connectivity index (χ0) is 13.5. The molecule has 1 saturated heterocycles. The summed E-state index contributed by atoms with van der Waals surface area (Å²) in [5, 5.41) is 13.0. The Morgan fingerprint density at radius 3 is 2.56 bits per heavy atom. The van der Waals surface area contributed by atoms with E-state index < -0.39 is 6.29 Å². The molecule has 0 aromatic heterocycles. The van der Waals surface area contributed by atoms with Gasteiger partial charge in [-0.25, -0.2) is 0 Å². The van der Waals surface area contributed by atoms with E-state index in [2.05, 4.69) is 26.1 Å². The van der Waals surface area contributed by atoms with Gasteiger partial charge in [-0.15, -0.1) is 0 Å². The fraction of sp³-hybridized carbons (Fsp3) is 1.00. The first kappa shape index (κ1) is 15.9. The zero-order valence-electron chi connectivity index (χ0n) is 12.1. The Kier molecular flexibility index (Phi) is 7.15. The molecule has 0 amide bonds. The molecule has 1 aliphatic heterocycles. The summed E-state index contributed by atoms with van der Waals surface area (Å²) in [5.74, 6) is 1.33. The van der Waals surface area contributed by atoms with Crippen LogP contribution in [0.1, 0.15) is 52.9 Å². The van der Waals surface area contributed by atoms with Gasteiger partial charge in [0.05, 0.1) is 12.8 Å². The van der Waals surface area contributed by atoms with Crippen LogP contribution in [-0.4, -0.2) is 30.2 Å². The van der Waals surface area contributed by atoms with E-state index in [0.29, 0.717) is 12.0 Å². The average Bonchev–Trinajstić information content (AvgIpc) is 3.14. The zero-order valence-corrected chi connectivity index (χ0v) is 12.1. The molecule has 4 nitrogen and oxygen atoms in total. The first-order valence-corrected chi connectivity index (χ1v) is 7.41. The van der Waals surface area contributed by atoms with Crippen molar-refractivity contribution in [2.45, 2.75) is 71.2 Å². The Labute approximate surface area is 111 Å². The molecule has 0 bridgehead atoms. The monoisotopic (exact) mass is 258 g/mol. The quantitative estimate of drug-likeness (QED) is 0.317. The number of unbranched alkanes of at least 4 members (excludes halogenated alkanes) is 2. The van der Waals surface area contributed by atoms with E-state index in [4.69, 9.17) is 10.5 Å². The summed E-state index contributed by atoms with van der Waals surface area (Å²) in [4.78, 5) is 0. The van der Waals surface area contributed by atoms with Gasteiger partial charge in [0, 0.05) is 6.04 Å². The lowest BCUT2D eigenvalue weighted by molar-refractivity contribution is -0.0982. The van der Waals surface area contributed by atoms with Gasteiger partial charge in [-0.2, -0.15) is 0 Å². The second-order valence-electron chi connectivity index (χ2n) is 5.47. The predicted molar refractivity (Wildman–Crippen MR) is 73.9 cm³/mol. The van der Waals surface area contributed by atoms with Gasteiger partial charge in [-0.05, 0) is 11.8 Å². The van der Waals surface area contributed by atoms with Crippen LogP contribution in [0.2, 0.25) is 0 Å². The number of nitrogens with one attached hydrogen (secondary N) is 1. The lowest BCUT2D eigenvalue weighted by atomic mass is 9.83. The van der Waals surface area contributed by atoms with E-state index in [0.717, 1.165) is 5.92 Å². The molecule has 1 aliphatic rings. The molecule has 0 saturated carbocycles. The average molecular weight is 258 g/mol. The SMILES string of the molecule is CCCCC[C@@H](CC)C(C)C1NC1[C@@H](O)OCN. The number of aliphatic hydroxyl groups is 1. The van der Waals surface area contributed by atoms with Crippen LogP contribution in [-0.2, 0) is 4.74 Å². The molecule has 1 heterocycles. The first-order valence-electron chi connectivity index (χ1n) is 7.41. The van der Waals surface area contributed by atoms with Crippen LogP contribution >= 0.6 is 0 Å². The van der Waals surface area contributed by atoms with Crippen molar-refractivity contribution in [3.63, 3.8) is 0 Å². The molecule has 1 rings (SSSR count). The summed E-state index contributed by atoms with van der Waals surface area (Å²) < 4.78 is 5.03. The summed E-state index contributed by atoms with van der Waals surface area (Å²) >= 11 is 0. The van der Waals surface area contributed by atoms with Crippen molar-refractivity contribution < 1.29 is 9.84 Å². The van der Waals surface area contributed by atoms with Crippen molar-refractivity contribution in [1.82, 2.24) is 5.32 Å². The predicted octanol–water partition coefficient (Wildman–Crippen LogP) is 1.82. The van der Waals surface area contributed by atoms with Crippen LogP contribution in [0, 0.1) is 11.8 Å². The summed E-state index contributed by atoms with van der Waals surface area (Å²) in [6, 6.07) is 0.460. The summed E-state index contributed by atoms with van der Waals surface area (Å²) in [7, 11) is 0. The second kappa shape index (κ2) is 8.10. The Bertz CT molecular complexity index is 226. The maximum atomic E-state index is 9.71. The van der Waals surface area contributed by atoms with Crippen LogP contribution in [0.25, 0.3) is 0 Å². The van der Waals surface area contributed by atoms with Crippen LogP contribution < -0.4 is 11.1 Å². The minimum absolute atomic E-state index is 0.0729. The molecular formula is C14H30N2O2. The van der Waals surface area contributed by atoms with Gasteiger partial charge in [-0.1, -0.05) is 52.9 Å². The highest BCUT2D eigenvalue weighted by atomic mass is 16.6. The smallest absolute Gasteiger partial charge is 0.173 e. The first-order chi connectivity index (χ1) is 8.65. The minimum Gasteiger partial charge on any atom is -0.366 e. The summed E-state index contributed by atoms with van der Waals surface area (Å²) in [6.45, 7) is 6.86. The Morgan fingerprint density at radius 2 is 2.00 bits per heavy atom. The fourth-order valence-corrected chi connectivity index (χ4v) is 2.90. The van der Waals surface area contributed by atoms with Gasteiger partial charge in [0.15, 0.2) is 6.29 Å². The Hall–Kier alpha value is -0.160. The van der Waals surface area contributed by atoms with Crippen molar-refractivity contribution >= 4 is 0 Å². The number of rotatable bonds is 10. The minimum atomic E-state index is -0.754. The van der Waals surface area contributed by atoms with Crippen molar-refractivity contribution in [2.24, 2.45) is 17.6 Å². The maximum Gasteiger partial charge on any atom is 0.173 e. The largest absolute Gasteiger partial charge is 0.366 e. The van der Waals surface area contributed by atoms with E-state index in [1.807, 2.05) is 0 Å². The molecule has 108 valence electrons. The third-order valence-corrected chi connectivity index (χ3v) is 4.25. The van der Waals surface area contributed by atoms with E-state index in [1.165, 1.54) is 32.1 Å². The third kappa shape index (κ3) is 4.50. The molecule has 1 fully saturated rings. The molecular weight excluding hydrogens is 228 g/mol. The highest BCUT2D eigenvalue weighted by molar-refractivity contribution is 5.03. The molecule has 3 unspecified atom stereocenters. The topological polar surface area (TPSA) is 77.4 Å². The van der Waals surface area contributed by atoms with Gasteiger partial charge in [0.1, 0.15) is 0 Å². The van der Waals surface area contributed by atoms with Crippen molar-refractivity contribution in [1.29, 1.82) is 0 Å². The van der Waals surface area contributed by atoms with Crippen molar-refractivity contribution in [3.05, 3.63) is 0 Å². The number of aliphatic hydroxyl groups excluding tert-OH is 1. The second-order valence-corrected chi connectivity index (χ2v) is 5.47. The molecule has 4 heteroatoms. The van der Waals surface area contributed by atoms with E-state index >= 15 is 0 Å². The molecule has 0 radical (unpaired) electrons. The van der Waals surface area contributed by atoms with Crippen LogP contribution in [0.15, 0.2) is 0 Å². The lowest BCUT2D eigenvalue weighted by Crippen LogP contribution is -2.27. The van der Waals surface area contributed by atoms with Gasteiger partial charge < -0.3 is 20.9 Å². The number of ether oxygens (including phenoxy) is 1. The van der Waals surface area contributed by atoms with E-state index in [9.17, 15) is 5.11 Å². The molecule has 0 aliphatic carbocycles. The van der Waals surface area contributed by atoms with Gasteiger partial charge in [-0.3, -0.25) is 0 Å².